The van der Waals surface area contributed by atoms with Gasteiger partial charge >= 0.3 is 5.97 Å². The summed E-state index contributed by atoms with van der Waals surface area (Å²) >= 11 is 0. The van der Waals surface area contributed by atoms with Crippen molar-refractivity contribution in [3.8, 4) is 5.75 Å². The molecular weight excluding hydrogens is 405 g/mol. The second kappa shape index (κ2) is 9.38. The number of benzene rings is 2. The van der Waals surface area contributed by atoms with Crippen LogP contribution in [-0.4, -0.2) is 47.1 Å². The van der Waals surface area contributed by atoms with Crippen LogP contribution in [0.15, 0.2) is 47.5 Å². The zero-order valence-corrected chi connectivity index (χ0v) is 17.4. The fraction of sp³-hybridized carbons (Fsp3) is 0.273. The summed E-state index contributed by atoms with van der Waals surface area (Å²) in [6.45, 7) is 1.11. The topological polar surface area (TPSA) is 90.7 Å². The minimum Gasteiger partial charge on any atom is -0.494 e. The molecule has 0 aliphatic carbocycles. The summed E-state index contributed by atoms with van der Waals surface area (Å²) < 4.78 is 24.8. The van der Waals surface area contributed by atoms with Gasteiger partial charge in [-0.1, -0.05) is 18.2 Å². The number of rotatable bonds is 7. The quantitative estimate of drug-likeness (QED) is 0.536. The van der Waals surface area contributed by atoms with E-state index in [9.17, 15) is 18.8 Å². The molecule has 0 spiro atoms. The lowest BCUT2D eigenvalue weighted by molar-refractivity contribution is -0.152. The van der Waals surface area contributed by atoms with Crippen molar-refractivity contribution < 1.29 is 23.5 Å². The first-order valence-corrected chi connectivity index (χ1v) is 9.47. The van der Waals surface area contributed by atoms with Gasteiger partial charge in [-0.3, -0.25) is 19.0 Å². The van der Waals surface area contributed by atoms with Gasteiger partial charge in [0.05, 0.1) is 24.3 Å². The van der Waals surface area contributed by atoms with Gasteiger partial charge in [0.15, 0.2) is 18.2 Å². The maximum Gasteiger partial charge on any atom is 0.326 e. The van der Waals surface area contributed by atoms with Crippen molar-refractivity contribution in [2.75, 3.05) is 20.8 Å². The Labute approximate surface area is 177 Å². The third-order valence-corrected chi connectivity index (χ3v) is 4.77. The van der Waals surface area contributed by atoms with Gasteiger partial charge in [0.1, 0.15) is 6.54 Å². The molecule has 0 fully saturated rings. The van der Waals surface area contributed by atoms with E-state index in [1.54, 1.807) is 18.2 Å². The molecule has 0 aliphatic heterocycles. The number of hydrogen-bond acceptors (Lipinski definition) is 6. The fourth-order valence-electron chi connectivity index (χ4n) is 3.06. The average molecular weight is 427 g/mol. The first-order valence-electron chi connectivity index (χ1n) is 9.47. The number of fused-ring (bicyclic) bond motifs is 1. The van der Waals surface area contributed by atoms with Crippen molar-refractivity contribution in [3.05, 3.63) is 70.0 Å². The van der Waals surface area contributed by atoms with E-state index in [2.05, 4.69) is 4.98 Å². The minimum atomic E-state index is -0.742. The number of aromatic nitrogens is 2. The number of amides is 1. The first kappa shape index (κ1) is 21.9. The molecule has 0 saturated heterocycles. The normalized spacial score (nSPS) is 10.7. The molecule has 0 atom stereocenters. The number of esters is 1. The van der Waals surface area contributed by atoms with Crippen molar-refractivity contribution >= 4 is 22.8 Å². The molecule has 31 heavy (non-hydrogen) atoms. The molecule has 0 unspecified atom stereocenters. The van der Waals surface area contributed by atoms with Crippen molar-refractivity contribution in [2.24, 2.45) is 0 Å². The van der Waals surface area contributed by atoms with E-state index >= 15 is 0 Å². The van der Waals surface area contributed by atoms with Crippen LogP contribution in [0.2, 0.25) is 0 Å². The number of hydrogen-bond donors (Lipinski definition) is 0. The SMILES string of the molecule is COc1ccc(CN(C)C(=O)COC(=O)Cn2cnc3c(C)cccc3c2=O)cc1F. The summed E-state index contributed by atoms with van der Waals surface area (Å²) in [7, 11) is 2.88. The van der Waals surface area contributed by atoms with Gasteiger partial charge in [0.25, 0.3) is 11.5 Å². The van der Waals surface area contributed by atoms with Gasteiger partial charge in [-0.15, -0.1) is 0 Å². The molecule has 0 radical (unpaired) electrons. The number of likely N-dealkylation sites (N-methyl/N-ethyl adjacent to an activating group) is 1. The van der Waals surface area contributed by atoms with E-state index < -0.39 is 24.3 Å². The summed E-state index contributed by atoms with van der Waals surface area (Å²) in [4.78, 5) is 42.4. The molecule has 0 saturated carbocycles. The van der Waals surface area contributed by atoms with E-state index in [4.69, 9.17) is 9.47 Å². The van der Waals surface area contributed by atoms with Crippen LogP contribution in [0.1, 0.15) is 11.1 Å². The number of para-hydroxylation sites is 1. The smallest absolute Gasteiger partial charge is 0.326 e. The third kappa shape index (κ3) is 5.06. The van der Waals surface area contributed by atoms with Crippen LogP contribution < -0.4 is 10.3 Å². The molecule has 9 heteroatoms. The number of methoxy groups -OCH3 is 1. The molecule has 162 valence electrons. The molecule has 3 aromatic rings. The highest BCUT2D eigenvalue weighted by molar-refractivity contribution is 5.82. The lowest BCUT2D eigenvalue weighted by Gasteiger charge is -2.17. The van der Waals surface area contributed by atoms with Crippen LogP contribution in [0, 0.1) is 12.7 Å². The number of ether oxygens (including phenoxy) is 2. The van der Waals surface area contributed by atoms with E-state index in [1.165, 1.54) is 37.5 Å². The van der Waals surface area contributed by atoms with Crippen LogP contribution in [0.4, 0.5) is 4.39 Å². The van der Waals surface area contributed by atoms with Crippen molar-refractivity contribution in [1.82, 2.24) is 14.5 Å². The van der Waals surface area contributed by atoms with Gasteiger partial charge in [-0.25, -0.2) is 9.37 Å². The third-order valence-electron chi connectivity index (χ3n) is 4.77. The van der Waals surface area contributed by atoms with Gasteiger partial charge in [-0.2, -0.15) is 0 Å². The van der Waals surface area contributed by atoms with Gasteiger partial charge < -0.3 is 14.4 Å². The predicted molar refractivity (Wildman–Crippen MR) is 111 cm³/mol. The van der Waals surface area contributed by atoms with Crippen LogP contribution in [0.3, 0.4) is 0 Å². The number of halogens is 1. The van der Waals surface area contributed by atoms with E-state index in [-0.39, 0.29) is 24.4 Å². The molecule has 0 N–H and O–H groups in total. The molecule has 0 bridgehead atoms. The number of aryl methyl sites for hydroxylation is 1. The summed E-state index contributed by atoms with van der Waals surface area (Å²) in [6.07, 6.45) is 1.28. The van der Waals surface area contributed by atoms with Crippen LogP contribution >= 0.6 is 0 Å². The number of nitrogens with zero attached hydrogens (tertiary/aromatic N) is 3. The summed E-state index contributed by atoms with van der Waals surface area (Å²) in [6, 6.07) is 9.61. The Morgan fingerprint density at radius 3 is 2.71 bits per heavy atom. The number of carbonyl (C=O) groups excluding carboxylic acids is 2. The first-order chi connectivity index (χ1) is 14.8. The van der Waals surface area contributed by atoms with Crippen molar-refractivity contribution in [2.45, 2.75) is 20.0 Å². The summed E-state index contributed by atoms with van der Waals surface area (Å²) in [5, 5.41) is 0.401. The van der Waals surface area contributed by atoms with E-state index in [0.717, 1.165) is 10.1 Å². The van der Waals surface area contributed by atoms with Gasteiger partial charge in [-0.05, 0) is 36.2 Å². The second-order valence-corrected chi connectivity index (χ2v) is 7.03. The Morgan fingerprint density at radius 2 is 2.00 bits per heavy atom. The molecule has 1 aromatic heterocycles. The Bertz CT molecular complexity index is 1190. The monoisotopic (exact) mass is 427 g/mol. The standard InChI is InChI=1S/C22H22FN3O5/c1-14-5-4-6-16-21(14)24-13-26(22(16)29)11-20(28)31-12-19(27)25(2)10-15-7-8-18(30-3)17(23)9-15/h4-9,13H,10-12H2,1-3H3. The molecule has 8 nitrogen and oxygen atoms in total. The highest BCUT2D eigenvalue weighted by Crippen LogP contribution is 2.18. The Hall–Kier alpha value is -3.75. The van der Waals surface area contributed by atoms with Crippen molar-refractivity contribution in [3.63, 3.8) is 0 Å². The Balaban J connectivity index is 1.57. The molecular formula is C22H22FN3O5. The molecule has 1 heterocycles. The Morgan fingerprint density at radius 1 is 1.23 bits per heavy atom. The van der Waals surface area contributed by atoms with Crippen LogP contribution in [0.25, 0.3) is 10.9 Å². The van der Waals surface area contributed by atoms with E-state index in [1.807, 2.05) is 13.0 Å². The molecule has 3 rings (SSSR count). The number of carbonyl (C=O) groups is 2. The fourth-order valence-corrected chi connectivity index (χ4v) is 3.06. The summed E-state index contributed by atoms with van der Waals surface area (Å²) in [5.74, 6) is -1.63. The molecule has 0 aliphatic rings. The van der Waals surface area contributed by atoms with Crippen LogP contribution in [-0.2, 0) is 27.4 Å². The molecule has 2 aromatic carbocycles. The van der Waals surface area contributed by atoms with E-state index in [0.29, 0.717) is 16.5 Å². The maximum atomic E-state index is 13.8. The lowest BCUT2D eigenvalue weighted by Crippen LogP contribution is -2.32. The maximum absolute atomic E-state index is 13.8. The highest BCUT2D eigenvalue weighted by atomic mass is 19.1. The predicted octanol–water partition coefficient (Wildman–Crippen LogP) is 2.05. The van der Waals surface area contributed by atoms with Crippen LogP contribution in [0.5, 0.6) is 5.75 Å². The molecule has 1 amide bonds. The minimum absolute atomic E-state index is 0.111. The zero-order chi connectivity index (χ0) is 22.5. The second-order valence-electron chi connectivity index (χ2n) is 7.03. The van der Waals surface area contributed by atoms with Gasteiger partial charge in [0, 0.05) is 13.6 Å². The highest BCUT2D eigenvalue weighted by Gasteiger charge is 2.15. The van der Waals surface area contributed by atoms with Crippen molar-refractivity contribution in [1.29, 1.82) is 0 Å². The average Bonchev–Trinajstić information content (AvgIpc) is 2.74. The zero-order valence-electron chi connectivity index (χ0n) is 17.4. The largest absolute Gasteiger partial charge is 0.494 e. The summed E-state index contributed by atoms with van der Waals surface area (Å²) in [5.41, 5.74) is 1.62. The van der Waals surface area contributed by atoms with Gasteiger partial charge in [0.2, 0.25) is 0 Å². The Kier molecular flexibility index (Phi) is 6.64. The lowest BCUT2D eigenvalue weighted by atomic mass is 10.1.